The SMILES string of the molecule is O=C1CCCc2c1cc(C(=O)Nc1ccc(Oc3ccnc4c3Oc3ccccc3N4)c(F)c1)c(=O)n2-c1ccc(F)cc1. The molecule has 3 heterocycles. The number of benzene rings is 3. The first kappa shape index (κ1) is 27.0. The van der Waals surface area contributed by atoms with Crippen LogP contribution in [-0.4, -0.2) is 21.2 Å². The molecule has 9 nitrogen and oxygen atoms in total. The maximum atomic E-state index is 15.2. The highest BCUT2D eigenvalue weighted by molar-refractivity contribution is 6.07. The van der Waals surface area contributed by atoms with Gasteiger partial charge in [0.2, 0.25) is 5.75 Å². The topological polar surface area (TPSA) is 112 Å². The third-order valence-corrected chi connectivity index (χ3v) is 7.38. The average molecular weight is 593 g/mol. The van der Waals surface area contributed by atoms with Crippen molar-refractivity contribution in [2.75, 3.05) is 10.6 Å². The van der Waals surface area contributed by atoms with Crippen LogP contribution in [0.2, 0.25) is 0 Å². The summed E-state index contributed by atoms with van der Waals surface area (Å²) >= 11 is 0. The van der Waals surface area contributed by atoms with Gasteiger partial charge in [0.25, 0.3) is 11.5 Å². The van der Waals surface area contributed by atoms with Crippen molar-refractivity contribution in [3.63, 3.8) is 0 Å². The molecular weight excluding hydrogens is 570 g/mol. The molecule has 0 spiro atoms. The number of ketones is 1. The van der Waals surface area contributed by atoms with Gasteiger partial charge >= 0.3 is 0 Å². The summed E-state index contributed by atoms with van der Waals surface area (Å²) in [4.78, 5) is 43.9. The number of nitrogens with zero attached hydrogens (tertiary/aromatic N) is 2. The van der Waals surface area contributed by atoms with Crippen LogP contribution in [0.3, 0.4) is 0 Å². The quantitative estimate of drug-likeness (QED) is 0.223. The molecule has 2 aliphatic rings. The molecule has 11 heteroatoms. The van der Waals surface area contributed by atoms with Gasteiger partial charge in [-0.25, -0.2) is 13.8 Å². The summed E-state index contributed by atoms with van der Waals surface area (Å²) < 4.78 is 41.9. The van der Waals surface area contributed by atoms with Crippen molar-refractivity contribution >= 4 is 28.9 Å². The minimum absolute atomic E-state index is 0.0558. The summed E-state index contributed by atoms with van der Waals surface area (Å²) in [5.41, 5.74) is 0.829. The van der Waals surface area contributed by atoms with Gasteiger partial charge < -0.3 is 20.1 Å². The molecule has 2 aromatic heterocycles. The smallest absolute Gasteiger partial charge is 0.268 e. The van der Waals surface area contributed by atoms with Gasteiger partial charge in [0, 0.05) is 47.4 Å². The van der Waals surface area contributed by atoms with Crippen molar-refractivity contribution in [1.82, 2.24) is 9.55 Å². The number of halogens is 2. The summed E-state index contributed by atoms with van der Waals surface area (Å²) in [7, 11) is 0. The van der Waals surface area contributed by atoms with Crippen molar-refractivity contribution in [3.8, 4) is 28.7 Å². The van der Waals surface area contributed by atoms with E-state index in [4.69, 9.17) is 9.47 Å². The Morgan fingerprint density at radius 1 is 0.955 bits per heavy atom. The van der Waals surface area contributed by atoms with Crippen LogP contribution in [0.25, 0.3) is 5.69 Å². The number of carbonyl (C=O) groups excluding carboxylic acids is 2. The van der Waals surface area contributed by atoms with Crippen LogP contribution >= 0.6 is 0 Å². The zero-order valence-electron chi connectivity index (χ0n) is 22.9. The summed E-state index contributed by atoms with van der Waals surface area (Å²) in [6.45, 7) is 0. The Labute approximate surface area is 248 Å². The van der Waals surface area contributed by atoms with Crippen LogP contribution in [0.1, 0.15) is 39.3 Å². The molecular formula is C33H22F2N4O5. The lowest BCUT2D eigenvalue weighted by atomic mass is 9.92. The molecule has 0 saturated heterocycles. The Bertz CT molecular complexity index is 2040. The second kappa shape index (κ2) is 10.8. The Morgan fingerprint density at radius 2 is 1.77 bits per heavy atom. The predicted octanol–water partition coefficient (Wildman–Crippen LogP) is 6.92. The summed E-state index contributed by atoms with van der Waals surface area (Å²) in [5.74, 6) is -1.01. The molecule has 5 aromatic rings. The van der Waals surface area contributed by atoms with Gasteiger partial charge in [-0.3, -0.25) is 19.0 Å². The van der Waals surface area contributed by atoms with Gasteiger partial charge in [-0.1, -0.05) is 12.1 Å². The molecule has 44 heavy (non-hydrogen) atoms. The maximum Gasteiger partial charge on any atom is 0.268 e. The van der Waals surface area contributed by atoms with E-state index in [0.29, 0.717) is 35.8 Å². The summed E-state index contributed by atoms with van der Waals surface area (Å²) in [6, 6.07) is 19.1. The maximum absolute atomic E-state index is 15.2. The number of amides is 1. The summed E-state index contributed by atoms with van der Waals surface area (Å²) in [5, 5.41) is 5.69. The largest absolute Gasteiger partial charge is 0.450 e. The van der Waals surface area contributed by atoms with Crippen LogP contribution in [0.5, 0.6) is 23.0 Å². The highest BCUT2D eigenvalue weighted by Crippen LogP contribution is 2.46. The fourth-order valence-corrected chi connectivity index (χ4v) is 5.29. The normalized spacial score (nSPS) is 13.1. The molecule has 3 aromatic carbocycles. The molecule has 1 amide bonds. The van der Waals surface area contributed by atoms with E-state index >= 15 is 4.39 Å². The number of aromatic nitrogens is 2. The molecule has 0 unspecified atom stereocenters. The van der Waals surface area contributed by atoms with E-state index in [-0.39, 0.29) is 46.3 Å². The first-order chi connectivity index (χ1) is 21.4. The minimum Gasteiger partial charge on any atom is -0.450 e. The van der Waals surface area contributed by atoms with Crippen LogP contribution in [-0.2, 0) is 6.42 Å². The fourth-order valence-electron chi connectivity index (χ4n) is 5.29. The fraction of sp³-hybridized carbons (Fsp3) is 0.0909. The van der Waals surface area contributed by atoms with E-state index in [2.05, 4.69) is 15.6 Å². The molecule has 1 aliphatic heterocycles. The molecule has 218 valence electrons. The highest BCUT2D eigenvalue weighted by Gasteiger charge is 2.27. The van der Waals surface area contributed by atoms with Gasteiger partial charge in [0.05, 0.1) is 5.69 Å². The van der Waals surface area contributed by atoms with E-state index in [1.165, 1.54) is 59.3 Å². The molecule has 1 aliphatic carbocycles. The molecule has 0 radical (unpaired) electrons. The molecule has 7 rings (SSSR count). The van der Waals surface area contributed by atoms with Crippen molar-refractivity contribution in [2.24, 2.45) is 0 Å². The van der Waals surface area contributed by atoms with E-state index in [9.17, 15) is 18.8 Å². The molecule has 0 atom stereocenters. The number of para-hydroxylation sites is 2. The van der Waals surface area contributed by atoms with E-state index in [1.54, 1.807) is 6.07 Å². The average Bonchev–Trinajstić information content (AvgIpc) is 3.02. The minimum atomic E-state index is -0.832. The molecule has 0 bridgehead atoms. The lowest BCUT2D eigenvalue weighted by Gasteiger charge is -2.22. The van der Waals surface area contributed by atoms with Crippen LogP contribution in [0.15, 0.2) is 89.9 Å². The standard InChI is InChI=1S/C33H22F2N4O5/c34-18-8-11-20(12-9-18)39-25-5-3-6-26(40)21(25)17-22(33(39)42)32(41)37-19-10-13-27(23(35)16-19)43-29-14-15-36-31-30(29)44-28-7-2-1-4-24(28)38-31/h1-2,4,7-17H,3,5-6H2,(H,36,38)(H,37,41). The summed E-state index contributed by atoms with van der Waals surface area (Å²) in [6.07, 6.45) is 2.75. The monoisotopic (exact) mass is 592 g/mol. The van der Waals surface area contributed by atoms with E-state index in [0.717, 1.165) is 11.8 Å². The molecule has 0 saturated carbocycles. The lowest BCUT2D eigenvalue weighted by Crippen LogP contribution is -2.33. The zero-order valence-corrected chi connectivity index (χ0v) is 22.9. The number of carbonyl (C=O) groups is 2. The number of rotatable bonds is 5. The van der Waals surface area contributed by atoms with Crippen molar-refractivity contribution in [3.05, 3.63) is 124 Å². The zero-order chi connectivity index (χ0) is 30.4. The number of hydrogen-bond acceptors (Lipinski definition) is 7. The first-order valence-electron chi connectivity index (χ1n) is 13.8. The van der Waals surface area contributed by atoms with Crippen molar-refractivity contribution in [1.29, 1.82) is 0 Å². The third-order valence-electron chi connectivity index (χ3n) is 7.38. The Balaban J connectivity index is 1.16. The Kier molecular flexibility index (Phi) is 6.62. The van der Waals surface area contributed by atoms with Crippen LogP contribution < -0.4 is 25.7 Å². The predicted molar refractivity (Wildman–Crippen MR) is 158 cm³/mol. The lowest BCUT2D eigenvalue weighted by molar-refractivity contribution is 0.0971. The second-order valence-electron chi connectivity index (χ2n) is 10.2. The first-order valence-corrected chi connectivity index (χ1v) is 13.8. The number of fused-ring (bicyclic) bond motifs is 3. The number of ether oxygens (including phenoxy) is 2. The highest BCUT2D eigenvalue weighted by atomic mass is 19.1. The van der Waals surface area contributed by atoms with Gasteiger partial charge in [0.15, 0.2) is 34.7 Å². The van der Waals surface area contributed by atoms with Gasteiger partial charge in [-0.15, -0.1) is 0 Å². The molecule has 0 fully saturated rings. The third kappa shape index (κ3) is 4.83. The van der Waals surface area contributed by atoms with Crippen LogP contribution in [0.4, 0.5) is 26.0 Å². The van der Waals surface area contributed by atoms with E-state index < -0.39 is 23.1 Å². The number of nitrogens with one attached hydrogen (secondary N) is 2. The molecule has 2 N–H and O–H groups in total. The number of hydrogen-bond donors (Lipinski definition) is 2. The number of anilines is 3. The van der Waals surface area contributed by atoms with Gasteiger partial charge in [-0.2, -0.15) is 0 Å². The Hall–Kier alpha value is -5.84. The van der Waals surface area contributed by atoms with Gasteiger partial charge in [0.1, 0.15) is 11.4 Å². The van der Waals surface area contributed by atoms with Crippen molar-refractivity contribution in [2.45, 2.75) is 19.3 Å². The number of pyridine rings is 2. The number of Topliss-reactive ketones (excluding diaryl/α,β-unsaturated/α-hetero) is 1. The second-order valence-corrected chi connectivity index (χ2v) is 10.2. The van der Waals surface area contributed by atoms with Crippen molar-refractivity contribution < 1.29 is 27.8 Å². The van der Waals surface area contributed by atoms with Crippen LogP contribution in [0, 0.1) is 11.6 Å². The Morgan fingerprint density at radius 3 is 2.59 bits per heavy atom. The van der Waals surface area contributed by atoms with Gasteiger partial charge in [-0.05, 0) is 67.4 Å². The van der Waals surface area contributed by atoms with E-state index in [1.807, 2.05) is 18.2 Å².